The number of morpholine rings is 1. The zero-order chi connectivity index (χ0) is 17.1. The molecule has 134 valence electrons. The molecule has 2 fully saturated rings. The van der Waals surface area contributed by atoms with E-state index in [-0.39, 0.29) is 0 Å². The molecule has 6 nitrogen and oxygen atoms in total. The lowest BCUT2D eigenvalue weighted by molar-refractivity contribution is -0.0724. The summed E-state index contributed by atoms with van der Waals surface area (Å²) < 4.78 is 15.9. The van der Waals surface area contributed by atoms with Crippen LogP contribution in [0.15, 0.2) is 16.7 Å². The SMILES string of the molecule is COC(=O)c1occc1CN1CCCC1CN1CC(C)OC(C)C1. The van der Waals surface area contributed by atoms with Gasteiger partial charge in [0.05, 0.1) is 25.6 Å². The van der Waals surface area contributed by atoms with E-state index in [1.54, 1.807) is 6.26 Å². The molecule has 0 spiro atoms. The van der Waals surface area contributed by atoms with Crippen molar-refractivity contribution in [3.63, 3.8) is 0 Å². The van der Waals surface area contributed by atoms with Gasteiger partial charge in [0.25, 0.3) is 0 Å². The smallest absolute Gasteiger partial charge is 0.374 e. The van der Waals surface area contributed by atoms with Crippen LogP contribution in [0.25, 0.3) is 0 Å². The molecule has 2 aliphatic rings. The molecule has 0 saturated carbocycles. The predicted octanol–water partition coefficient (Wildman–Crippen LogP) is 2.14. The summed E-state index contributed by atoms with van der Waals surface area (Å²) in [4.78, 5) is 16.8. The first-order valence-electron chi connectivity index (χ1n) is 8.83. The second-order valence-corrected chi connectivity index (χ2v) is 7.01. The van der Waals surface area contributed by atoms with Gasteiger partial charge in [0.1, 0.15) is 0 Å². The van der Waals surface area contributed by atoms with Gasteiger partial charge in [-0.1, -0.05) is 0 Å². The van der Waals surface area contributed by atoms with Crippen molar-refractivity contribution in [1.82, 2.24) is 9.80 Å². The van der Waals surface area contributed by atoms with Crippen LogP contribution in [0, 0.1) is 0 Å². The highest BCUT2D eigenvalue weighted by Gasteiger charge is 2.31. The standard InChI is InChI=1S/C18H28N2O4/c1-13-9-19(10-14(2)24-13)12-16-5-4-7-20(16)11-15-6-8-23-17(15)18(21)22-3/h6,8,13-14,16H,4-5,7,9-12H2,1-3H3. The summed E-state index contributed by atoms with van der Waals surface area (Å²) in [6, 6.07) is 2.39. The van der Waals surface area contributed by atoms with Gasteiger partial charge in [-0.15, -0.1) is 0 Å². The minimum Gasteiger partial charge on any atom is -0.463 e. The monoisotopic (exact) mass is 336 g/mol. The second-order valence-electron chi connectivity index (χ2n) is 7.01. The molecule has 0 bridgehead atoms. The van der Waals surface area contributed by atoms with Crippen molar-refractivity contribution in [1.29, 1.82) is 0 Å². The number of likely N-dealkylation sites (tertiary alicyclic amines) is 1. The first-order chi connectivity index (χ1) is 11.6. The van der Waals surface area contributed by atoms with Crippen molar-refractivity contribution in [2.24, 2.45) is 0 Å². The third kappa shape index (κ3) is 3.99. The summed E-state index contributed by atoms with van der Waals surface area (Å²) in [5.74, 6) is -0.0710. The van der Waals surface area contributed by atoms with E-state index in [0.717, 1.165) is 38.3 Å². The lowest BCUT2D eigenvalue weighted by Gasteiger charge is -2.38. The Morgan fingerprint density at radius 3 is 2.79 bits per heavy atom. The molecule has 2 aliphatic heterocycles. The molecule has 3 unspecified atom stereocenters. The van der Waals surface area contributed by atoms with Crippen LogP contribution in [0.1, 0.15) is 42.8 Å². The quantitative estimate of drug-likeness (QED) is 0.768. The zero-order valence-corrected chi connectivity index (χ0v) is 14.9. The van der Waals surface area contributed by atoms with Crippen molar-refractivity contribution in [3.8, 4) is 0 Å². The summed E-state index contributed by atoms with van der Waals surface area (Å²) in [7, 11) is 1.38. The Morgan fingerprint density at radius 1 is 1.33 bits per heavy atom. The van der Waals surface area contributed by atoms with Gasteiger partial charge in [-0.3, -0.25) is 9.80 Å². The van der Waals surface area contributed by atoms with Crippen LogP contribution in [0.5, 0.6) is 0 Å². The van der Waals surface area contributed by atoms with Gasteiger partial charge in [-0.25, -0.2) is 4.79 Å². The highest BCUT2D eigenvalue weighted by molar-refractivity contribution is 5.87. The zero-order valence-electron chi connectivity index (χ0n) is 14.9. The number of hydrogen-bond acceptors (Lipinski definition) is 6. The van der Waals surface area contributed by atoms with Gasteiger partial charge in [0, 0.05) is 37.8 Å². The van der Waals surface area contributed by atoms with Crippen LogP contribution in [-0.2, 0) is 16.0 Å². The second kappa shape index (κ2) is 7.68. The van der Waals surface area contributed by atoms with Gasteiger partial charge < -0.3 is 13.9 Å². The van der Waals surface area contributed by atoms with E-state index >= 15 is 0 Å². The number of carbonyl (C=O) groups is 1. The van der Waals surface area contributed by atoms with E-state index in [1.807, 2.05) is 6.07 Å². The normalized spacial score (nSPS) is 29.0. The Bertz CT molecular complexity index is 549. The summed E-state index contributed by atoms with van der Waals surface area (Å²) in [6.45, 7) is 9.13. The highest BCUT2D eigenvalue weighted by atomic mass is 16.5. The van der Waals surface area contributed by atoms with Crippen LogP contribution in [0.3, 0.4) is 0 Å². The molecule has 3 atom stereocenters. The molecule has 1 aromatic heterocycles. The van der Waals surface area contributed by atoms with Gasteiger partial charge in [0.2, 0.25) is 5.76 Å². The molecular formula is C18H28N2O4. The predicted molar refractivity (Wildman–Crippen MR) is 89.9 cm³/mol. The van der Waals surface area contributed by atoms with Crippen molar-refractivity contribution in [2.75, 3.05) is 33.3 Å². The lowest BCUT2D eigenvalue weighted by atomic mass is 10.1. The fourth-order valence-electron chi connectivity index (χ4n) is 3.99. The fourth-order valence-corrected chi connectivity index (χ4v) is 3.99. The highest BCUT2D eigenvalue weighted by Crippen LogP contribution is 2.24. The number of nitrogens with zero attached hydrogens (tertiary/aromatic N) is 2. The lowest BCUT2D eigenvalue weighted by Crippen LogP contribution is -2.50. The summed E-state index contributed by atoms with van der Waals surface area (Å²) in [5, 5.41) is 0. The van der Waals surface area contributed by atoms with Crippen molar-refractivity contribution >= 4 is 5.97 Å². The number of carbonyl (C=O) groups excluding carboxylic acids is 1. The van der Waals surface area contributed by atoms with E-state index in [1.165, 1.54) is 20.0 Å². The van der Waals surface area contributed by atoms with Gasteiger partial charge in [0.15, 0.2) is 0 Å². The number of furan rings is 1. The van der Waals surface area contributed by atoms with Gasteiger partial charge >= 0.3 is 5.97 Å². The molecule has 0 N–H and O–H groups in total. The third-order valence-electron chi connectivity index (χ3n) is 4.95. The Morgan fingerprint density at radius 2 is 2.08 bits per heavy atom. The molecule has 1 aromatic rings. The summed E-state index contributed by atoms with van der Waals surface area (Å²) >= 11 is 0. The maximum atomic E-state index is 11.8. The fraction of sp³-hybridized carbons (Fsp3) is 0.722. The topological polar surface area (TPSA) is 55.2 Å². The minimum absolute atomic E-state index is 0.295. The molecule has 0 amide bonds. The molecule has 3 heterocycles. The van der Waals surface area contributed by atoms with Crippen LogP contribution in [-0.4, -0.2) is 67.3 Å². The largest absolute Gasteiger partial charge is 0.463 e. The molecule has 0 aromatic carbocycles. The van der Waals surface area contributed by atoms with Crippen LogP contribution < -0.4 is 0 Å². The molecule has 24 heavy (non-hydrogen) atoms. The summed E-state index contributed by atoms with van der Waals surface area (Å²) in [6.07, 6.45) is 4.56. The van der Waals surface area contributed by atoms with Gasteiger partial charge in [-0.05, 0) is 39.3 Å². The van der Waals surface area contributed by atoms with E-state index in [4.69, 9.17) is 13.9 Å². The van der Waals surface area contributed by atoms with Gasteiger partial charge in [-0.2, -0.15) is 0 Å². The first-order valence-corrected chi connectivity index (χ1v) is 8.83. The Hall–Kier alpha value is -1.37. The number of hydrogen-bond donors (Lipinski definition) is 0. The minimum atomic E-state index is -0.401. The van der Waals surface area contributed by atoms with Crippen LogP contribution in [0.2, 0.25) is 0 Å². The first kappa shape index (κ1) is 17.5. The Labute approximate surface area is 143 Å². The molecular weight excluding hydrogens is 308 g/mol. The maximum Gasteiger partial charge on any atom is 0.374 e. The molecule has 0 radical (unpaired) electrons. The molecule has 3 rings (SSSR count). The van der Waals surface area contributed by atoms with Crippen molar-refractivity contribution < 1.29 is 18.7 Å². The molecule has 6 heteroatoms. The Balaban J connectivity index is 1.62. The molecule has 2 saturated heterocycles. The average Bonchev–Trinajstić information content (AvgIpc) is 3.16. The molecule has 0 aliphatic carbocycles. The van der Waals surface area contributed by atoms with E-state index in [0.29, 0.717) is 24.0 Å². The van der Waals surface area contributed by atoms with Crippen LogP contribution >= 0.6 is 0 Å². The Kier molecular flexibility index (Phi) is 5.58. The average molecular weight is 336 g/mol. The third-order valence-corrected chi connectivity index (χ3v) is 4.95. The number of methoxy groups -OCH3 is 1. The van der Waals surface area contributed by atoms with E-state index < -0.39 is 5.97 Å². The summed E-state index contributed by atoms with van der Waals surface area (Å²) in [5.41, 5.74) is 0.914. The van der Waals surface area contributed by atoms with E-state index in [9.17, 15) is 4.79 Å². The van der Waals surface area contributed by atoms with Crippen molar-refractivity contribution in [2.45, 2.75) is 51.5 Å². The van der Waals surface area contributed by atoms with Crippen LogP contribution in [0.4, 0.5) is 0 Å². The van der Waals surface area contributed by atoms with Crippen molar-refractivity contribution in [3.05, 3.63) is 23.7 Å². The maximum absolute atomic E-state index is 11.8. The number of ether oxygens (including phenoxy) is 2. The van der Waals surface area contributed by atoms with E-state index in [2.05, 4.69) is 23.6 Å². The number of esters is 1. The number of rotatable bonds is 5.